The number of hydrogen-bond donors (Lipinski definition) is 0. The number of rotatable bonds is 6. The van der Waals surface area contributed by atoms with Gasteiger partial charge in [0.1, 0.15) is 12.0 Å². The van der Waals surface area contributed by atoms with E-state index in [1.807, 2.05) is 0 Å². The second kappa shape index (κ2) is 6.70. The maximum absolute atomic E-state index is 13.5. The summed E-state index contributed by atoms with van der Waals surface area (Å²) in [6.45, 7) is 4.22. The van der Waals surface area contributed by atoms with Crippen molar-refractivity contribution in [3.05, 3.63) is 29.0 Å². The number of esters is 1. The van der Waals surface area contributed by atoms with E-state index in [1.54, 1.807) is 6.92 Å². The van der Waals surface area contributed by atoms with Crippen molar-refractivity contribution in [2.24, 2.45) is 5.41 Å². The summed E-state index contributed by atoms with van der Waals surface area (Å²) in [7, 11) is 0. The van der Waals surface area contributed by atoms with Crippen LogP contribution in [-0.4, -0.2) is 25.0 Å². The van der Waals surface area contributed by atoms with Gasteiger partial charge in [-0.15, -0.1) is 0 Å². The van der Waals surface area contributed by atoms with E-state index in [4.69, 9.17) is 21.1 Å². The SMILES string of the molecule is CCOC(=O)C(C)(C)C(=O)COc1c(F)cccc1Cl. The van der Waals surface area contributed by atoms with Crippen molar-refractivity contribution in [3.63, 3.8) is 0 Å². The van der Waals surface area contributed by atoms with Gasteiger partial charge >= 0.3 is 5.97 Å². The van der Waals surface area contributed by atoms with E-state index in [1.165, 1.54) is 32.0 Å². The fourth-order valence-electron chi connectivity index (χ4n) is 1.36. The number of para-hydroxylation sites is 1. The van der Waals surface area contributed by atoms with Crippen LogP contribution in [0.4, 0.5) is 4.39 Å². The Morgan fingerprint density at radius 3 is 2.55 bits per heavy atom. The second-order valence-corrected chi connectivity index (χ2v) is 5.02. The minimum Gasteiger partial charge on any atom is -0.481 e. The molecule has 0 bridgehead atoms. The summed E-state index contributed by atoms with van der Waals surface area (Å²) in [6.07, 6.45) is 0. The Bertz CT molecular complexity index is 494. The van der Waals surface area contributed by atoms with Crippen molar-refractivity contribution in [1.29, 1.82) is 0 Å². The smallest absolute Gasteiger partial charge is 0.319 e. The summed E-state index contributed by atoms with van der Waals surface area (Å²) in [4.78, 5) is 23.6. The molecule has 0 heterocycles. The lowest BCUT2D eigenvalue weighted by atomic mass is 9.88. The fraction of sp³-hybridized carbons (Fsp3) is 0.429. The summed E-state index contributed by atoms with van der Waals surface area (Å²) >= 11 is 5.77. The molecule has 0 amide bonds. The van der Waals surface area contributed by atoms with Crippen LogP contribution in [0.1, 0.15) is 20.8 Å². The number of Topliss-reactive ketones (excluding diaryl/α,β-unsaturated/α-hetero) is 1. The molecule has 1 aromatic carbocycles. The molecule has 0 saturated heterocycles. The van der Waals surface area contributed by atoms with Gasteiger partial charge in [0, 0.05) is 0 Å². The normalized spacial score (nSPS) is 11.1. The summed E-state index contributed by atoms with van der Waals surface area (Å²) < 4.78 is 23.4. The maximum Gasteiger partial charge on any atom is 0.319 e. The third-order valence-electron chi connectivity index (χ3n) is 2.75. The number of ether oxygens (including phenoxy) is 2. The first-order valence-corrected chi connectivity index (χ1v) is 6.45. The van der Waals surface area contributed by atoms with Crippen LogP contribution in [0.25, 0.3) is 0 Å². The highest BCUT2D eigenvalue weighted by molar-refractivity contribution is 6.32. The van der Waals surface area contributed by atoms with Crippen molar-refractivity contribution in [2.45, 2.75) is 20.8 Å². The van der Waals surface area contributed by atoms with E-state index in [-0.39, 0.29) is 17.4 Å². The zero-order valence-electron chi connectivity index (χ0n) is 11.5. The van der Waals surface area contributed by atoms with E-state index in [9.17, 15) is 14.0 Å². The Balaban J connectivity index is 2.75. The van der Waals surface area contributed by atoms with Crippen LogP contribution in [0.15, 0.2) is 18.2 Å². The van der Waals surface area contributed by atoms with E-state index in [0.29, 0.717) is 0 Å². The lowest BCUT2D eigenvalue weighted by molar-refractivity contribution is -0.158. The number of hydrogen-bond acceptors (Lipinski definition) is 4. The van der Waals surface area contributed by atoms with Gasteiger partial charge in [-0.2, -0.15) is 0 Å². The van der Waals surface area contributed by atoms with Gasteiger partial charge in [-0.25, -0.2) is 4.39 Å². The molecule has 1 rings (SSSR count). The van der Waals surface area contributed by atoms with Crippen LogP contribution in [0, 0.1) is 11.2 Å². The van der Waals surface area contributed by atoms with Gasteiger partial charge in [0.05, 0.1) is 11.6 Å². The standard InChI is InChI=1S/C14H16ClFO4/c1-4-19-13(18)14(2,3)11(17)8-20-12-9(15)6-5-7-10(12)16/h5-7H,4,8H2,1-3H3. The number of halogens is 2. The van der Waals surface area contributed by atoms with Crippen LogP contribution in [0.5, 0.6) is 5.75 Å². The van der Waals surface area contributed by atoms with Crippen molar-refractivity contribution in [2.75, 3.05) is 13.2 Å². The third-order valence-corrected chi connectivity index (χ3v) is 3.05. The molecule has 0 atom stereocenters. The van der Waals surface area contributed by atoms with Crippen LogP contribution in [-0.2, 0) is 14.3 Å². The molecular formula is C14H16ClFO4. The quantitative estimate of drug-likeness (QED) is 0.599. The molecular weight excluding hydrogens is 287 g/mol. The van der Waals surface area contributed by atoms with Gasteiger partial charge in [-0.1, -0.05) is 17.7 Å². The highest BCUT2D eigenvalue weighted by Gasteiger charge is 2.37. The predicted octanol–water partition coefficient (Wildman–Crippen LogP) is 3.02. The van der Waals surface area contributed by atoms with E-state index >= 15 is 0 Å². The molecule has 0 unspecified atom stereocenters. The van der Waals surface area contributed by atoms with Crippen molar-refractivity contribution in [3.8, 4) is 5.75 Å². The molecule has 0 N–H and O–H groups in total. The zero-order chi connectivity index (χ0) is 15.3. The number of ketones is 1. The average Bonchev–Trinajstić information content (AvgIpc) is 2.38. The summed E-state index contributed by atoms with van der Waals surface area (Å²) in [5.74, 6) is -2.04. The van der Waals surface area contributed by atoms with Gasteiger partial charge in [0.15, 0.2) is 17.3 Å². The lowest BCUT2D eigenvalue weighted by Crippen LogP contribution is -2.38. The number of benzene rings is 1. The van der Waals surface area contributed by atoms with Crippen molar-refractivity contribution < 1.29 is 23.5 Å². The molecule has 0 fully saturated rings. The molecule has 110 valence electrons. The maximum atomic E-state index is 13.5. The molecule has 0 aliphatic rings. The molecule has 0 spiro atoms. The number of carbonyl (C=O) groups is 2. The highest BCUT2D eigenvalue weighted by atomic mass is 35.5. The molecule has 0 aliphatic carbocycles. The van der Waals surface area contributed by atoms with Gasteiger partial charge in [-0.3, -0.25) is 9.59 Å². The topological polar surface area (TPSA) is 52.6 Å². The minimum atomic E-state index is -1.35. The molecule has 4 nitrogen and oxygen atoms in total. The Morgan fingerprint density at radius 1 is 1.35 bits per heavy atom. The Labute approximate surface area is 121 Å². The monoisotopic (exact) mass is 302 g/mol. The van der Waals surface area contributed by atoms with Crippen LogP contribution >= 0.6 is 11.6 Å². The number of carbonyl (C=O) groups excluding carboxylic acids is 2. The van der Waals surface area contributed by atoms with E-state index in [0.717, 1.165) is 0 Å². The van der Waals surface area contributed by atoms with E-state index < -0.39 is 29.6 Å². The fourth-order valence-corrected chi connectivity index (χ4v) is 1.58. The summed E-state index contributed by atoms with van der Waals surface area (Å²) in [6, 6.07) is 4.04. The second-order valence-electron chi connectivity index (χ2n) is 4.61. The first kappa shape index (κ1) is 16.4. The molecule has 20 heavy (non-hydrogen) atoms. The minimum absolute atomic E-state index is 0.0618. The lowest BCUT2D eigenvalue weighted by Gasteiger charge is -2.21. The van der Waals surface area contributed by atoms with Gasteiger partial charge in [0.2, 0.25) is 0 Å². The largest absolute Gasteiger partial charge is 0.481 e. The Morgan fingerprint density at radius 2 is 2.00 bits per heavy atom. The van der Waals surface area contributed by atoms with Gasteiger partial charge in [0.25, 0.3) is 0 Å². The predicted molar refractivity (Wildman–Crippen MR) is 72.3 cm³/mol. The van der Waals surface area contributed by atoms with Crippen molar-refractivity contribution >= 4 is 23.4 Å². The highest BCUT2D eigenvalue weighted by Crippen LogP contribution is 2.28. The Hall–Kier alpha value is -1.62. The first-order chi connectivity index (χ1) is 9.30. The summed E-state index contributed by atoms with van der Waals surface area (Å²) in [5, 5.41) is 0.0618. The molecule has 6 heteroatoms. The van der Waals surface area contributed by atoms with E-state index in [2.05, 4.69) is 0 Å². The molecule has 1 aromatic rings. The average molecular weight is 303 g/mol. The Kier molecular flexibility index (Phi) is 5.51. The molecule has 0 saturated carbocycles. The molecule has 0 aliphatic heterocycles. The van der Waals surface area contributed by atoms with Crippen LogP contribution in [0.3, 0.4) is 0 Å². The molecule has 0 radical (unpaired) electrons. The van der Waals surface area contributed by atoms with Gasteiger partial charge in [-0.05, 0) is 32.9 Å². The van der Waals surface area contributed by atoms with Crippen LogP contribution in [0.2, 0.25) is 5.02 Å². The van der Waals surface area contributed by atoms with Crippen molar-refractivity contribution in [1.82, 2.24) is 0 Å². The van der Waals surface area contributed by atoms with Gasteiger partial charge < -0.3 is 9.47 Å². The third kappa shape index (κ3) is 3.70. The summed E-state index contributed by atoms with van der Waals surface area (Å²) in [5.41, 5.74) is -1.35. The zero-order valence-corrected chi connectivity index (χ0v) is 12.3. The molecule has 0 aromatic heterocycles. The van der Waals surface area contributed by atoms with Crippen LogP contribution < -0.4 is 4.74 Å². The first-order valence-electron chi connectivity index (χ1n) is 6.08.